The van der Waals surface area contributed by atoms with Crippen LogP contribution >= 0.6 is 0 Å². The number of aromatic nitrogens is 2. The minimum absolute atomic E-state index is 0.389. The second kappa shape index (κ2) is 5.50. The molecule has 0 atom stereocenters. The number of nitrogens with two attached hydrogens (primary N) is 1. The highest BCUT2D eigenvalue weighted by Gasteiger charge is 2.51. The van der Waals surface area contributed by atoms with E-state index in [1.807, 2.05) is 39.8 Å². The lowest BCUT2D eigenvalue weighted by Crippen LogP contribution is -2.41. The van der Waals surface area contributed by atoms with Crippen molar-refractivity contribution in [3.8, 4) is 11.8 Å². The predicted molar refractivity (Wildman–Crippen MR) is 99.4 cm³/mol. The van der Waals surface area contributed by atoms with E-state index in [-0.39, 0.29) is 0 Å². The van der Waals surface area contributed by atoms with Crippen LogP contribution in [-0.4, -0.2) is 39.2 Å². The average molecular weight is 341 g/mol. The van der Waals surface area contributed by atoms with Crippen LogP contribution in [-0.2, 0) is 9.31 Å². The zero-order valence-corrected chi connectivity index (χ0v) is 15.5. The monoisotopic (exact) mass is 341 g/mol. The van der Waals surface area contributed by atoms with Crippen LogP contribution in [0, 0.1) is 11.8 Å². The van der Waals surface area contributed by atoms with Crippen molar-refractivity contribution in [3.05, 3.63) is 17.7 Å². The summed E-state index contributed by atoms with van der Waals surface area (Å²) >= 11 is 0. The van der Waals surface area contributed by atoms with Crippen molar-refractivity contribution in [2.24, 2.45) is 0 Å². The first-order chi connectivity index (χ1) is 11.4. The molecule has 4 N–H and O–H groups in total. The Labute approximate surface area is 148 Å². The zero-order chi connectivity index (χ0) is 18.6. The van der Waals surface area contributed by atoms with Gasteiger partial charge in [-0.15, -0.1) is 0 Å². The van der Waals surface area contributed by atoms with E-state index in [4.69, 9.17) is 15.0 Å². The number of aromatic amines is 1. The van der Waals surface area contributed by atoms with E-state index in [2.05, 4.69) is 22.0 Å². The van der Waals surface area contributed by atoms with Crippen molar-refractivity contribution in [3.63, 3.8) is 0 Å². The maximum absolute atomic E-state index is 9.90. The van der Waals surface area contributed by atoms with Gasteiger partial charge in [-0.1, -0.05) is 11.8 Å². The second-order valence-electron chi connectivity index (χ2n) is 8.00. The fourth-order valence-corrected chi connectivity index (χ4v) is 2.60. The number of H-pyrrole nitrogens is 1. The molecule has 0 radical (unpaired) electrons. The van der Waals surface area contributed by atoms with Crippen molar-refractivity contribution in [2.75, 3.05) is 5.73 Å². The van der Waals surface area contributed by atoms with Gasteiger partial charge in [0.25, 0.3) is 0 Å². The highest BCUT2D eigenvalue weighted by molar-refractivity contribution is 6.62. The molecule has 7 heteroatoms. The summed E-state index contributed by atoms with van der Waals surface area (Å²) in [4.78, 5) is 0. The zero-order valence-electron chi connectivity index (χ0n) is 15.5. The second-order valence-corrected chi connectivity index (χ2v) is 8.00. The quantitative estimate of drug-likeness (QED) is 0.541. The Morgan fingerprint density at radius 2 is 1.80 bits per heavy atom. The number of hydrogen-bond acceptors (Lipinski definition) is 5. The van der Waals surface area contributed by atoms with Crippen molar-refractivity contribution in [1.29, 1.82) is 0 Å². The number of fused-ring (bicyclic) bond motifs is 1. The van der Waals surface area contributed by atoms with E-state index in [0.29, 0.717) is 11.4 Å². The first kappa shape index (κ1) is 17.8. The third-order valence-electron chi connectivity index (χ3n) is 4.75. The minimum Gasteiger partial charge on any atom is -0.399 e. The molecule has 0 saturated carbocycles. The Morgan fingerprint density at radius 1 is 1.20 bits per heavy atom. The lowest BCUT2D eigenvalue weighted by molar-refractivity contribution is 0.00578. The van der Waals surface area contributed by atoms with E-state index in [1.54, 1.807) is 13.8 Å². The summed E-state index contributed by atoms with van der Waals surface area (Å²) in [7, 11) is -0.522. The summed E-state index contributed by atoms with van der Waals surface area (Å²) < 4.78 is 12.2. The molecule has 25 heavy (non-hydrogen) atoms. The molecule has 0 amide bonds. The van der Waals surface area contributed by atoms with Gasteiger partial charge in [-0.3, -0.25) is 5.10 Å². The van der Waals surface area contributed by atoms with Gasteiger partial charge in [0.15, 0.2) is 5.82 Å². The van der Waals surface area contributed by atoms with Gasteiger partial charge in [-0.25, -0.2) is 0 Å². The van der Waals surface area contributed by atoms with Crippen LogP contribution in [0.5, 0.6) is 0 Å². The van der Waals surface area contributed by atoms with Gasteiger partial charge in [0.2, 0.25) is 0 Å². The third kappa shape index (κ3) is 3.25. The van der Waals surface area contributed by atoms with E-state index in [1.165, 1.54) is 0 Å². The highest BCUT2D eigenvalue weighted by Crippen LogP contribution is 2.36. The van der Waals surface area contributed by atoms with Crippen LogP contribution in [0.15, 0.2) is 12.1 Å². The molecule has 0 spiro atoms. The topological polar surface area (TPSA) is 93.4 Å². The standard InChI is InChI=1S/C18H24BN3O3/c1-16(2,23)8-7-11-9-12(10-13-14(11)21-22-15(13)20)19-24-17(3,4)18(5,6)25-19/h9-10,23H,1-6H3,(H3,20,21,22). The first-order valence-corrected chi connectivity index (χ1v) is 8.28. The summed E-state index contributed by atoms with van der Waals surface area (Å²) in [5, 5.41) is 17.6. The van der Waals surface area contributed by atoms with Crippen LogP contribution in [0.2, 0.25) is 0 Å². The summed E-state index contributed by atoms with van der Waals surface area (Å²) in [5.41, 5.74) is 6.24. The lowest BCUT2D eigenvalue weighted by atomic mass is 9.77. The normalized spacial score (nSPS) is 19.1. The number of benzene rings is 1. The first-order valence-electron chi connectivity index (χ1n) is 8.28. The number of nitrogens with one attached hydrogen (secondary N) is 1. The van der Waals surface area contributed by atoms with Crippen LogP contribution < -0.4 is 11.2 Å². The minimum atomic E-state index is -1.10. The molecular weight excluding hydrogens is 317 g/mol. The van der Waals surface area contributed by atoms with E-state index in [9.17, 15) is 5.11 Å². The molecule has 1 aromatic heterocycles. The largest absolute Gasteiger partial charge is 0.494 e. The summed E-state index contributed by atoms with van der Waals surface area (Å²) in [6.45, 7) is 11.3. The Kier molecular flexibility index (Phi) is 3.92. The molecule has 0 bridgehead atoms. The Bertz CT molecular complexity index is 869. The molecule has 0 unspecified atom stereocenters. The highest BCUT2D eigenvalue weighted by atomic mass is 16.7. The van der Waals surface area contributed by atoms with Gasteiger partial charge in [-0.05, 0) is 59.1 Å². The van der Waals surface area contributed by atoms with Crippen LogP contribution in [0.4, 0.5) is 5.82 Å². The van der Waals surface area contributed by atoms with Crippen molar-refractivity contribution in [1.82, 2.24) is 10.2 Å². The van der Waals surface area contributed by atoms with E-state index in [0.717, 1.165) is 16.4 Å². The molecule has 6 nitrogen and oxygen atoms in total. The van der Waals surface area contributed by atoms with Crippen LogP contribution in [0.3, 0.4) is 0 Å². The molecule has 0 aliphatic carbocycles. The van der Waals surface area contributed by atoms with Crippen LogP contribution in [0.1, 0.15) is 47.1 Å². The number of anilines is 1. The fraction of sp³-hybridized carbons (Fsp3) is 0.500. The van der Waals surface area contributed by atoms with Crippen molar-refractivity contribution >= 4 is 29.3 Å². The average Bonchev–Trinajstić information content (AvgIpc) is 2.93. The Hall–Kier alpha value is -2.01. The molecular formula is C18H24BN3O3. The molecule has 2 aromatic rings. The number of rotatable bonds is 1. The molecule has 1 aliphatic heterocycles. The predicted octanol–water partition coefficient (Wildman–Crippen LogP) is 1.57. The van der Waals surface area contributed by atoms with Gasteiger partial charge in [-0.2, -0.15) is 5.10 Å². The number of nitrogen functional groups attached to an aromatic ring is 1. The number of nitrogens with zero attached hydrogens (tertiary/aromatic N) is 1. The maximum Gasteiger partial charge on any atom is 0.494 e. The SMILES string of the molecule is CC(C)(O)C#Cc1cc(B2OC(C)(C)C(C)(C)O2)cc2c(N)n[nH]c12. The molecule has 1 saturated heterocycles. The molecule has 2 heterocycles. The Morgan fingerprint density at radius 3 is 2.36 bits per heavy atom. The van der Waals surface area contributed by atoms with Gasteiger partial charge in [0.05, 0.1) is 22.3 Å². The summed E-state index contributed by atoms with van der Waals surface area (Å²) in [6, 6.07) is 3.80. The fourth-order valence-electron chi connectivity index (χ4n) is 2.60. The Balaban J connectivity index is 2.11. The van der Waals surface area contributed by atoms with Crippen LogP contribution in [0.25, 0.3) is 10.9 Å². The van der Waals surface area contributed by atoms with Crippen molar-refractivity contribution < 1.29 is 14.4 Å². The van der Waals surface area contributed by atoms with E-state index >= 15 is 0 Å². The van der Waals surface area contributed by atoms with Gasteiger partial charge in [0.1, 0.15) is 5.60 Å². The summed E-state index contributed by atoms with van der Waals surface area (Å²) in [5.74, 6) is 6.22. The molecule has 1 aromatic carbocycles. The lowest BCUT2D eigenvalue weighted by Gasteiger charge is -2.32. The van der Waals surface area contributed by atoms with Gasteiger partial charge in [0, 0.05) is 5.39 Å². The molecule has 1 fully saturated rings. The van der Waals surface area contributed by atoms with E-state index < -0.39 is 23.9 Å². The number of aliphatic hydroxyl groups is 1. The third-order valence-corrected chi connectivity index (χ3v) is 4.75. The smallest absolute Gasteiger partial charge is 0.399 e. The summed E-state index contributed by atoms with van der Waals surface area (Å²) in [6.07, 6.45) is 0. The molecule has 3 rings (SSSR count). The molecule has 1 aliphatic rings. The maximum atomic E-state index is 9.90. The number of hydrogen-bond donors (Lipinski definition) is 3. The van der Waals surface area contributed by atoms with Gasteiger partial charge >= 0.3 is 7.12 Å². The van der Waals surface area contributed by atoms with Crippen molar-refractivity contribution in [2.45, 2.75) is 58.3 Å². The molecule has 132 valence electrons. The van der Waals surface area contributed by atoms with Gasteiger partial charge < -0.3 is 20.1 Å².